The van der Waals surface area contributed by atoms with E-state index in [2.05, 4.69) is 5.32 Å². The number of benzene rings is 1. The molecule has 0 heterocycles. The highest BCUT2D eigenvalue weighted by molar-refractivity contribution is 5.94. The van der Waals surface area contributed by atoms with Crippen molar-refractivity contribution >= 4 is 5.91 Å². The van der Waals surface area contributed by atoms with E-state index in [1.165, 1.54) is 0 Å². The molecule has 0 saturated heterocycles. The van der Waals surface area contributed by atoms with Crippen molar-refractivity contribution in [1.29, 1.82) is 0 Å². The third kappa shape index (κ3) is 4.57. The van der Waals surface area contributed by atoms with Gasteiger partial charge in [-0.25, -0.2) is 0 Å². The molecule has 0 radical (unpaired) electrons. The number of aryl methyl sites for hydroxylation is 2. The molecule has 3 heteroatoms. The Labute approximate surface area is 103 Å². The highest BCUT2D eigenvalue weighted by Gasteiger charge is 2.09. The van der Waals surface area contributed by atoms with Gasteiger partial charge in [-0.15, -0.1) is 0 Å². The fourth-order valence-corrected chi connectivity index (χ4v) is 1.85. The van der Waals surface area contributed by atoms with E-state index in [1.54, 1.807) is 0 Å². The second-order valence-electron chi connectivity index (χ2n) is 4.53. The van der Waals surface area contributed by atoms with Crippen LogP contribution in [0.2, 0.25) is 0 Å². The van der Waals surface area contributed by atoms with Crippen LogP contribution in [-0.4, -0.2) is 23.7 Å². The zero-order valence-corrected chi connectivity index (χ0v) is 10.8. The molecule has 0 fully saturated rings. The average molecular weight is 235 g/mol. The van der Waals surface area contributed by atoms with Crippen molar-refractivity contribution < 1.29 is 9.90 Å². The maximum Gasteiger partial charge on any atom is 0.251 e. The van der Waals surface area contributed by atoms with Gasteiger partial charge in [0, 0.05) is 12.1 Å². The van der Waals surface area contributed by atoms with E-state index >= 15 is 0 Å². The Kier molecular flexibility index (Phi) is 5.16. The molecule has 1 atom stereocenters. The summed E-state index contributed by atoms with van der Waals surface area (Å²) in [6.07, 6.45) is 1.18. The molecule has 0 spiro atoms. The van der Waals surface area contributed by atoms with E-state index in [0.717, 1.165) is 17.5 Å². The molecule has 1 unspecified atom stereocenters. The molecule has 0 aliphatic heterocycles. The molecule has 1 rings (SSSR count). The third-order valence-electron chi connectivity index (χ3n) is 2.60. The minimum atomic E-state index is -0.449. The normalized spacial score (nSPS) is 12.2. The van der Waals surface area contributed by atoms with Crippen LogP contribution in [0.5, 0.6) is 0 Å². The van der Waals surface area contributed by atoms with Gasteiger partial charge in [-0.1, -0.05) is 30.5 Å². The van der Waals surface area contributed by atoms with Crippen LogP contribution in [0.1, 0.15) is 41.3 Å². The van der Waals surface area contributed by atoms with Crippen LogP contribution in [0.4, 0.5) is 0 Å². The number of carbonyl (C=O) groups excluding carboxylic acids is 1. The summed E-state index contributed by atoms with van der Waals surface area (Å²) < 4.78 is 0. The standard InChI is InChI=1S/C14H21NO2/c1-4-5-13(16)9-15-14(17)12-7-10(2)6-11(3)8-12/h6-8,13,16H,4-5,9H2,1-3H3,(H,15,17). The molecule has 0 aliphatic carbocycles. The first kappa shape index (κ1) is 13.7. The highest BCUT2D eigenvalue weighted by atomic mass is 16.3. The van der Waals surface area contributed by atoms with Gasteiger partial charge >= 0.3 is 0 Å². The Hall–Kier alpha value is -1.35. The van der Waals surface area contributed by atoms with E-state index < -0.39 is 6.10 Å². The molecular weight excluding hydrogens is 214 g/mol. The second kappa shape index (κ2) is 6.40. The molecule has 3 nitrogen and oxygen atoms in total. The van der Waals surface area contributed by atoms with Gasteiger partial charge in [-0.2, -0.15) is 0 Å². The summed E-state index contributed by atoms with van der Waals surface area (Å²) in [5, 5.41) is 12.3. The van der Waals surface area contributed by atoms with Crippen LogP contribution < -0.4 is 5.32 Å². The lowest BCUT2D eigenvalue weighted by atomic mass is 10.1. The summed E-state index contributed by atoms with van der Waals surface area (Å²) in [5.41, 5.74) is 2.81. The number of hydrogen-bond acceptors (Lipinski definition) is 2. The topological polar surface area (TPSA) is 49.3 Å². The first-order chi connectivity index (χ1) is 8.02. The van der Waals surface area contributed by atoms with Gasteiger partial charge in [0.25, 0.3) is 5.91 Å². The van der Waals surface area contributed by atoms with Crippen LogP contribution in [0, 0.1) is 13.8 Å². The molecule has 0 aromatic heterocycles. The molecule has 1 aromatic carbocycles. The van der Waals surface area contributed by atoms with Crippen molar-refractivity contribution in [1.82, 2.24) is 5.32 Å². The van der Waals surface area contributed by atoms with Gasteiger partial charge in [0.05, 0.1) is 6.10 Å². The summed E-state index contributed by atoms with van der Waals surface area (Å²) in [4.78, 5) is 11.8. The summed E-state index contributed by atoms with van der Waals surface area (Å²) in [5.74, 6) is -0.119. The average Bonchev–Trinajstić information content (AvgIpc) is 2.25. The molecule has 2 N–H and O–H groups in total. The Morgan fingerprint density at radius 2 is 1.88 bits per heavy atom. The highest BCUT2D eigenvalue weighted by Crippen LogP contribution is 2.08. The van der Waals surface area contributed by atoms with Crippen molar-refractivity contribution in [2.75, 3.05) is 6.54 Å². The predicted octanol–water partition coefficient (Wildman–Crippen LogP) is 2.19. The molecule has 1 amide bonds. The van der Waals surface area contributed by atoms with Crippen molar-refractivity contribution in [2.24, 2.45) is 0 Å². The van der Waals surface area contributed by atoms with Crippen LogP contribution in [0.3, 0.4) is 0 Å². The maximum absolute atomic E-state index is 11.8. The van der Waals surface area contributed by atoms with Gasteiger partial charge in [-0.3, -0.25) is 4.79 Å². The fourth-order valence-electron chi connectivity index (χ4n) is 1.85. The van der Waals surface area contributed by atoms with Crippen LogP contribution in [0.15, 0.2) is 18.2 Å². The van der Waals surface area contributed by atoms with Crippen molar-refractivity contribution in [3.8, 4) is 0 Å². The van der Waals surface area contributed by atoms with Crippen molar-refractivity contribution in [3.63, 3.8) is 0 Å². The third-order valence-corrected chi connectivity index (χ3v) is 2.60. The predicted molar refractivity (Wildman–Crippen MR) is 69.2 cm³/mol. The van der Waals surface area contributed by atoms with Gasteiger partial charge in [-0.05, 0) is 32.4 Å². The molecular formula is C14H21NO2. The van der Waals surface area contributed by atoms with Gasteiger partial charge < -0.3 is 10.4 Å². The Bertz CT molecular complexity index is 368. The Morgan fingerprint density at radius 3 is 2.41 bits per heavy atom. The van der Waals surface area contributed by atoms with Gasteiger partial charge in [0.15, 0.2) is 0 Å². The molecule has 0 saturated carbocycles. The lowest BCUT2D eigenvalue weighted by molar-refractivity contribution is 0.0910. The summed E-state index contributed by atoms with van der Waals surface area (Å²) in [7, 11) is 0. The quantitative estimate of drug-likeness (QED) is 0.822. The van der Waals surface area contributed by atoms with Crippen LogP contribution in [-0.2, 0) is 0 Å². The largest absolute Gasteiger partial charge is 0.391 e. The number of hydrogen-bond donors (Lipinski definition) is 2. The van der Waals surface area contributed by atoms with Crippen molar-refractivity contribution in [3.05, 3.63) is 34.9 Å². The molecule has 94 valence electrons. The van der Waals surface area contributed by atoms with E-state index in [1.807, 2.05) is 39.0 Å². The van der Waals surface area contributed by atoms with Crippen molar-refractivity contribution in [2.45, 2.75) is 39.7 Å². The zero-order valence-electron chi connectivity index (χ0n) is 10.8. The maximum atomic E-state index is 11.8. The minimum Gasteiger partial charge on any atom is -0.391 e. The lowest BCUT2D eigenvalue weighted by Gasteiger charge is -2.11. The fraction of sp³-hybridized carbons (Fsp3) is 0.500. The number of aliphatic hydroxyl groups excluding tert-OH is 1. The lowest BCUT2D eigenvalue weighted by Crippen LogP contribution is -2.32. The number of rotatable bonds is 5. The number of nitrogens with one attached hydrogen (secondary N) is 1. The SMILES string of the molecule is CCCC(O)CNC(=O)c1cc(C)cc(C)c1. The zero-order chi connectivity index (χ0) is 12.8. The summed E-state index contributed by atoms with van der Waals surface area (Å²) >= 11 is 0. The summed E-state index contributed by atoms with van der Waals surface area (Å²) in [6, 6.07) is 5.74. The smallest absolute Gasteiger partial charge is 0.251 e. The second-order valence-corrected chi connectivity index (χ2v) is 4.53. The van der Waals surface area contributed by atoms with Gasteiger partial charge in [0.2, 0.25) is 0 Å². The van der Waals surface area contributed by atoms with Crippen LogP contribution in [0.25, 0.3) is 0 Å². The van der Waals surface area contributed by atoms with E-state index in [-0.39, 0.29) is 5.91 Å². The van der Waals surface area contributed by atoms with E-state index in [4.69, 9.17) is 0 Å². The first-order valence-electron chi connectivity index (χ1n) is 6.07. The molecule has 1 aromatic rings. The number of amides is 1. The summed E-state index contributed by atoms with van der Waals surface area (Å²) in [6.45, 7) is 6.26. The Morgan fingerprint density at radius 1 is 1.29 bits per heavy atom. The number of carbonyl (C=O) groups is 1. The molecule has 0 aliphatic rings. The van der Waals surface area contributed by atoms with E-state index in [0.29, 0.717) is 18.5 Å². The molecule has 0 bridgehead atoms. The molecule has 17 heavy (non-hydrogen) atoms. The van der Waals surface area contributed by atoms with Crippen LogP contribution >= 0.6 is 0 Å². The van der Waals surface area contributed by atoms with Gasteiger partial charge in [0.1, 0.15) is 0 Å². The Balaban J connectivity index is 2.58. The minimum absolute atomic E-state index is 0.119. The monoisotopic (exact) mass is 235 g/mol. The first-order valence-corrected chi connectivity index (χ1v) is 6.07. The van der Waals surface area contributed by atoms with E-state index in [9.17, 15) is 9.90 Å². The number of aliphatic hydroxyl groups is 1.